The summed E-state index contributed by atoms with van der Waals surface area (Å²) in [7, 11) is 0. The number of hydrogen-bond acceptors (Lipinski definition) is 6. The van der Waals surface area contributed by atoms with Crippen molar-refractivity contribution in [1.29, 1.82) is 5.26 Å². The van der Waals surface area contributed by atoms with Gasteiger partial charge in [0.25, 0.3) is 0 Å². The second-order valence-electron chi connectivity index (χ2n) is 3.40. The van der Waals surface area contributed by atoms with E-state index < -0.39 is 11.4 Å². The molecule has 0 aromatic carbocycles. The van der Waals surface area contributed by atoms with Crippen molar-refractivity contribution in [2.24, 2.45) is 0 Å². The summed E-state index contributed by atoms with van der Waals surface area (Å²) in [5.41, 5.74) is -1.03. The lowest BCUT2D eigenvalue weighted by Crippen LogP contribution is -2.34. The third-order valence-corrected chi connectivity index (χ3v) is 2.91. The summed E-state index contributed by atoms with van der Waals surface area (Å²) in [6.07, 6.45) is 3.20. The van der Waals surface area contributed by atoms with Gasteiger partial charge in [0.2, 0.25) is 0 Å². The Morgan fingerprint density at radius 3 is 2.88 bits per heavy atom. The molecule has 0 saturated heterocycles. The number of rotatable bonds is 4. The van der Waals surface area contributed by atoms with E-state index in [1.165, 1.54) is 25.0 Å². The Labute approximate surface area is 104 Å². The van der Waals surface area contributed by atoms with E-state index in [1.807, 2.05) is 12.3 Å². The molecule has 5 nitrogen and oxygen atoms in total. The molecule has 1 heterocycles. The first-order chi connectivity index (χ1) is 8.08. The molecule has 90 valence electrons. The zero-order valence-corrected chi connectivity index (χ0v) is 10.7. The van der Waals surface area contributed by atoms with Crippen LogP contribution < -0.4 is 0 Å². The molecule has 1 aromatic rings. The smallest absolute Gasteiger partial charge is 0.332 e. The average molecular weight is 251 g/mol. The van der Waals surface area contributed by atoms with Crippen LogP contribution in [0, 0.1) is 11.3 Å². The van der Waals surface area contributed by atoms with Crippen molar-refractivity contribution in [2.45, 2.75) is 24.3 Å². The van der Waals surface area contributed by atoms with Crippen molar-refractivity contribution < 1.29 is 9.53 Å². The molecule has 0 fully saturated rings. The van der Waals surface area contributed by atoms with Crippen LogP contribution >= 0.6 is 11.8 Å². The van der Waals surface area contributed by atoms with Crippen LogP contribution in [0.3, 0.4) is 0 Å². The van der Waals surface area contributed by atoms with Crippen LogP contribution in [0.5, 0.6) is 0 Å². The van der Waals surface area contributed by atoms with Crippen molar-refractivity contribution in [2.75, 3.05) is 12.9 Å². The van der Waals surface area contributed by atoms with Gasteiger partial charge in [-0.3, -0.25) is 0 Å². The maximum absolute atomic E-state index is 11.8. The lowest BCUT2D eigenvalue weighted by molar-refractivity contribution is -0.147. The summed E-state index contributed by atoms with van der Waals surface area (Å²) in [4.78, 5) is 19.8. The molecular weight excluding hydrogens is 238 g/mol. The zero-order chi connectivity index (χ0) is 12.9. The SMILES string of the molecule is CCOC(=O)C(C)(C#N)c1cc(SC)ncn1. The number of aromatic nitrogens is 2. The second kappa shape index (κ2) is 5.64. The Hall–Kier alpha value is -1.61. The molecule has 1 atom stereocenters. The fourth-order valence-electron chi connectivity index (χ4n) is 1.21. The Balaban J connectivity index is 3.16. The Morgan fingerprint density at radius 1 is 1.65 bits per heavy atom. The molecule has 1 aromatic heterocycles. The number of nitrogens with zero attached hydrogens (tertiary/aromatic N) is 3. The van der Waals surface area contributed by atoms with E-state index in [0.29, 0.717) is 10.7 Å². The molecule has 0 aliphatic heterocycles. The third-order valence-electron chi connectivity index (χ3n) is 2.27. The Morgan fingerprint density at radius 2 is 2.35 bits per heavy atom. The van der Waals surface area contributed by atoms with Crippen LogP contribution in [0.25, 0.3) is 0 Å². The first-order valence-corrected chi connectivity index (χ1v) is 6.26. The van der Waals surface area contributed by atoms with Crippen molar-refractivity contribution in [3.8, 4) is 6.07 Å². The number of carbonyl (C=O) groups excluding carboxylic acids is 1. The van der Waals surface area contributed by atoms with Crippen LogP contribution in [-0.4, -0.2) is 28.8 Å². The number of thioether (sulfide) groups is 1. The lowest BCUT2D eigenvalue weighted by Gasteiger charge is -2.18. The van der Waals surface area contributed by atoms with Crippen LogP contribution in [0.2, 0.25) is 0 Å². The van der Waals surface area contributed by atoms with Crippen LogP contribution in [0.15, 0.2) is 17.4 Å². The summed E-state index contributed by atoms with van der Waals surface area (Å²) >= 11 is 1.42. The summed E-state index contributed by atoms with van der Waals surface area (Å²) in [5, 5.41) is 9.89. The highest BCUT2D eigenvalue weighted by atomic mass is 32.2. The Bertz CT molecular complexity index is 458. The fraction of sp³-hybridized carbons (Fsp3) is 0.455. The number of carbonyl (C=O) groups is 1. The van der Waals surface area contributed by atoms with E-state index >= 15 is 0 Å². The van der Waals surface area contributed by atoms with Crippen LogP contribution in [0.4, 0.5) is 0 Å². The van der Waals surface area contributed by atoms with E-state index in [0.717, 1.165) is 0 Å². The highest BCUT2D eigenvalue weighted by Gasteiger charge is 2.39. The maximum Gasteiger partial charge on any atom is 0.332 e. The van der Waals surface area contributed by atoms with Crippen molar-refractivity contribution in [1.82, 2.24) is 9.97 Å². The monoisotopic (exact) mass is 251 g/mol. The maximum atomic E-state index is 11.8. The molecular formula is C11H13N3O2S. The predicted molar refractivity (Wildman–Crippen MR) is 63.4 cm³/mol. The van der Waals surface area contributed by atoms with Gasteiger partial charge < -0.3 is 4.74 Å². The highest BCUT2D eigenvalue weighted by Crippen LogP contribution is 2.25. The molecule has 0 bridgehead atoms. The summed E-state index contributed by atoms with van der Waals surface area (Å²) in [6, 6.07) is 3.59. The summed E-state index contributed by atoms with van der Waals surface area (Å²) in [6.45, 7) is 3.43. The van der Waals surface area contributed by atoms with Crippen LogP contribution in [0.1, 0.15) is 19.5 Å². The van der Waals surface area contributed by atoms with Crippen molar-refractivity contribution in [3.63, 3.8) is 0 Å². The first-order valence-electron chi connectivity index (χ1n) is 5.03. The molecule has 0 saturated carbocycles. The molecule has 0 aliphatic carbocycles. The largest absolute Gasteiger partial charge is 0.465 e. The quantitative estimate of drug-likeness (QED) is 0.459. The van der Waals surface area contributed by atoms with Gasteiger partial charge in [0.05, 0.1) is 23.4 Å². The van der Waals surface area contributed by atoms with Crippen molar-refractivity contribution in [3.05, 3.63) is 18.1 Å². The molecule has 0 radical (unpaired) electrons. The zero-order valence-electron chi connectivity index (χ0n) is 9.93. The van der Waals surface area contributed by atoms with Gasteiger partial charge in [0.1, 0.15) is 6.33 Å². The van der Waals surface area contributed by atoms with Crippen LogP contribution in [-0.2, 0) is 14.9 Å². The standard InChI is InChI=1S/C11H13N3O2S/c1-4-16-10(15)11(2,6-12)8-5-9(17-3)14-7-13-8/h5,7H,4H2,1-3H3. The normalized spacial score (nSPS) is 13.5. The molecule has 6 heteroatoms. The molecule has 0 spiro atoms. The van der Waals surface area contributed by atoms with E-state index in [1.54, 1.807) is 13.0 Å². The van der Waals surface area contributed by atoms with Gasteiger partial charge in [0.15, 0.2) is 5.41 Å². The van der Waals surface area contributed by atoms with E-state index in [9.17, 15) is 10.1 Å². The molecule has 0 amide bonds. The number of esters is 1. The minimum absolute atomic E-state index is 0.233. The summed E-state index contributed by atoms with van der Waals surface area (Å²) in [5.74, 6) is -0.590. The number of nitriles is 1. The highest BCUT2D eigenvalue weighted by molar-refractivity contribution is 7.98. The second-order valence-corrected chi connectivity index (χ2v) is 4.23. The minimum Gasteiger partial charge on any atom is -0.465 e. The van der Waals surface area contributed by atoms with Gasteiger partial charge in [-0.25, -0.2) is 14.8 Å². The molecule has 1 rings (SSSR count). The van der Waals surface area contributed by atoms with E-state index in [-0.39, 0.29) is 6.61 Å². The van der Waals surface area contributed by atoms with Gasteiger partial charge >= 0.3 is 5.97 Å². The third kappa shape index (κ3) is 2.74. The topological polar surface area (TPSA) is 75.9 Å². The van der Waals surface area contributed by atoms with E-state index in [2.05, 4.69) is 9.97 Å². The number of ether oxygens (including phenoxy) is 1. The molecule has 1 unspecified atom stereocenters. The van der Waals surface area contributed by atoms with Gasteiger partial charge in [-0.15, -0.1) is 11.8 Å². The van der Waals surface area contributed by atoms with Gasteiger partial charge in [-0.05, 0) is 26.2 Å². The average Bonchev–Trinajstić information content (AvgIpc) is 2.38. The fourth-order valence-corrected chi connectivity index (χ4v) is 1.59. The van der Waals surface area contributed by atoms with Crippen molar-refractivity contribution >= 4 is 17.7 Å². The Kier molecular flexibility index (Phi) is 4.46. The lowest BCUT2D eigenvalue weighted by atomic mass is 9.88. The summed E-state index contributed by atoms with van der Waals surface area (Å²) < 4.78 is 4.90. The molecule has 0 N–H and O–H groups in total. The van der Waals surface area contributed by atoms with E-state index in [4.69, 9.17) is 4.74 Å². The van der Waals surface area contributed by atoms with Gasteiger partial charge in [-0.1, -0.05) is 0 Å². The van der Waals surface area contributed by atoms with Gasteiger partial charge in [-0.2, -0.15) is 5.26 Å². The number of hydrogen-bond donors (Lipinski definition) is 0. The first kappa shape index (κ1) is 13.5. The van der Waals surface area contributed by atoms with Gasteiger partial charge in [0, 0.05) is 0 Å². The molecule has 17 heavy (non-hydrogen) atoms. The predicted octanol–water partition coefficient (Wildman–Crippen LogP) is 1.54. The molecule has 0 aliphatic rings. The minimum atomic E-state index is -1.39.